The highest BCUT2D eigenvalue weighted by Gasteiger charge is 2.35. The zero-order chi connectivity index (χ0) is 23.7. The average molecular weight is 458 g/mol. The molecule has 3 aromatic rings. The molecule has 0 aliphatic rings. The van der Waals surface area contributed by atoms with Gasteiger partial charge in [-0.1, -0.05) is 31.4 Å². The minimum absolute atomic E-state index is 0.434. The number of rotatable bonds is 5. The third kappa shape index (κ3) is 5.13. The van der Waals surface area contributed by atoms with Crippen LogP contribution < -0.4 is 4.74 Å². The van der Waals surface area contributed by atoms with Crippen LogP contribution in [0.3, 0.4) is 0 Å². The van der Waals surface area contributed by atoms with Gasteiger partial charge in [-0.2, -0.15) is 22.0 Å². The first kappa shape index (κ1) is 23.4. The number of benzene rings is 3. The highest BCUT2D eigenvalue weighted by atomic mass is 19.4. The van der Waals surface area contributed by atoms with Gasteiger partial charge in [-0.25, -0.2) is 13.2 Å². The van der Waals surface area contributed by atoms with Crippen molar-refractivity contribution in [1.29, 1.82) is 0 Å². The molecule has 0 radical (unpaired) electrons. The Morgan fingerprint density at radius 3 is 2.12 bits per heavy atom. The van der Waals surface area contributed by atoms with Gasteiger partial charge in [0.25, 0.3) is 0 Å². The first-order valence-corrected chi connectivity index (χ1v) is 9.28. The van der Waals surface area contributed by atoms with Crippen molar-refractivity contribution in [1.82, 2.24) is 0 Å². The van der Waals surface area contributed by atoms with Crippen molar-refractivity contribution in [2.45, 2.75) is 32.1 Å². The van der Waals surface area contributed by atoms with E-state index >= 15 is 0 Å². The first-order valence-electron chi connectivity index (χ1n) is 9.28. The van der Waals surface area contributed by atoms with Crippen molar-refractivity contribution in [3.63, 3.8) is 0 Å². The Morgan fingerprint density at radius 2 is 1.53 bits per heavy atom. The second kappa shape index (κ2) is 8.69. The van der Waals surface area contributed by atoms with Crippen LogP contribution in [0.1, 0.15) is 30.0 Å². The van der Waals surface area contributed by atoms with Gasteiger partial charge in [0.2, 0.25) is 0 Å². The molecule has 3 aromatic carbocycles. The van der Waals surface area contributed by atoms with Crippen LogP contribution in [0, 0.1) is 29.3 Å². The Labute approximate surface area is 177 Å². The van der Waals surface area contributed by atoms with Crippen molar-refractivity contribution in [2.24, 2.45) is 0 Å². The number of hydrogen-bond donors (Lipinski definition) is 0. The summed E-state index contributed by atoms with van der Waals surface area (Å²) in [5, 5.41) is -1.43. The highest BCUT2D eigenvalue weighted by molar-refractivity contribution is 5.87. The molecule has 1 nitrogen and oxygen atoms in total. The Kier molecular flexibility index (Phi) is 6.35. The molecule has 0 atom stereocenters. The Balaban J connectivity index is 1.99. The predicted molar refractivity (Wildman–Crippen MR) is 102 cm³/mol. The third-order valence-electron chi connectivity index (χ3n) is 4.46. The lowest BCUT2D eigenvalue weighted by Crippen LogP contribution is -2.22. The number of aryl methyl sites for hydroxylation is 1. The lowest BCUT2D eigenvalue weighted by molar-refractivity contribution is -0.185. The summed E-state index contributed by atoms with van der Waals surface area (Å²) in [4.78, 5) is 0. The molecule has 0 aliphatic heterocycles. The second-order valence-electron chi connectivity index (χ2n) is 6.86. The molecule has 0 aliphatic carbocycles. The largest absolute Gasteiger partial charge is 0.458 e. The van der Waals surface area contributed by atoms with Crippen LogP contribution in [0.5, 0.6) is 5.75 Å². The SMILES string of the molecule is CCCc1ccc(C(F)(F)Oc2cc(F)c3c(F)c(C#CC(F)(F)F)c(F)cc3c2)cc1. The molecule has 9 heteroatoms. The Morgan fingerprint density at radius 1 is 0.875 bits per heavy atom. The van der Waals surface area contributed by atoms with Crippen LogP contribution in [-0.4, -0.2) is 6.18 Å². The number of ether oxygens (including phenoxy) is 1. The van der Waals surface area contributed by atoms with Gasteiger partial charge < -0.3 is 4.74 Å². The molecule has 3 rings (SSSR count). The number of alkyl halides is 5. The maximum absolute atomic E-state index is 14.5. The monoisotopic (exact) mass is 458 g/mol. The van der Waals surface area contributed by atoms with Gasteiger partial charge in [0, 0.05) is 12.0 Å². The van der Waals surface area contributed by atoms with Crippen LogP contribution in [0.15, 0.2) is 42.5 Å². The van der Waals surface area contributed by atoms with E-state index in [-0.39, 0.29) is 0 Å². The molecule has 0 saturated carbocycles. The zero-order valence-electron chi connectivity index (χ0n) is 16.4. The van der Waals surface area contributed by atoms with E-state index in [0.717, 1.165) is 30.2 Å². The van der Waals surface area contributed by atoms with E-state index in [4.69, 9.17) is 0 Å². The smallest absolute Gasteiger partial charge is 0.429 e. The summed E-state index contributed by atoms with van der Waals surface area (Å²) < 4.78 is 113. The summed E-state index contributed by atoms with van der Waals surface area (Å²) in [6, 6.07) is 6.96. The Bertz CT molecular complexity index is 1200. The number of halogens is 8. The predicted octanol–water partition coefficient (Wildman–Crippen LogP) is 7.25. The lowest BCUT2D eigenvalue weighted by Gasteiger charge is -2.19. The maximum Gasteiger partial charge on any atom is 0.458 e. The number of hydrogen-bond acceptors (Lipinski definition) is 1. The molecule has 0 N–H and O–H groups in total. The summed E-state index contributed by atoms with van der Waals surface area (Å²) in [7, 11) is 0. The van der Waals surface area contributed by atoms with Crippen molar-refractivity contribution in [3.05, 3.63) is 76.6 Å². The van der Waals surface area contributed by atoms with E-state index in [1.54, 1.807) is 0 Å². The van der Waals surface area contributed by atoms with E-state index in [9.17, 15) is 35.1 Å². The average Bonchev–Trinajstić information content (AvgIpc) is 2.66. The quantitative estimate of drug-likeness (QED) is 0.289. The summed E-state index contributed by atoms with van der Waals surface area (Å²) in [6.45, 7) is 1.93. The van der Waals surface area contributed by atoms with Crippen molar-refractivity contribution in [3.8, 4) is 17.6 Å². The first-order chi connectivity index (χ1) is 14.9. The standard InChI is InChI=1S/C23H14F8O/c1-2-3-13-4-6-15(7-5-13)23(30,31)32-16-10-14-11-18(24)17(8-9-22(27,28)29)21(26)20(14)19(25)12-16/h4-7,10-12H,2-3H2,1H3. The van der Waals surface area contributed by atoms with Crippen LogP contribution in [-0.2, 0) is 12.5 Å². The van der Waals surface area contributed by atoms with Gasteiger partial charge in [-0.15, -0.1) is 0 Å². The topological polar surface area (TPSA) is 9.23 Å². The molecule has 0 saturated heterocycles. The van der Waals surface area contributed by atoms with Crippen molar-refractivity contribution < 1.29 is 39.9 Å². The summed E-state index contributed by atoms with van der Waals surface area (Å²) in [5.41, 5.74) is -0.980. The number of fused-ring (bicyclic) bond motifs is 1. The summed E-state index contributed by atoms with van der Waals surface area (Å²) in [5.74, 6) is -3.37. The van der Waals surface area contributed by atoms with Gasteiger partial charge in [-0.3, -0.25) is 0 Å². The van der Waals surface area contributed by atoms with Crippen LogP contribution >= 0.6 is 0 Å². The van der Waals surface area contributed by atoms with Crippen LogP contribution in [0.2, 0.25) is 0 Å². The maximum atomic E-state index is 14.5. The molecule has 0 fully saturated rings. The lowest BCUT2D eigenvalue weighted by atomic mass is 10.0. The molecule has 0 amide bonds. The van der Waals surface area contributed by atoms with Crippen molar-refractivity contribution >= 4 is 10.8 Å². The summed E-state index contributed by atoms with van der Waals surface area (Å²) >= 11 is 0. The molecule has 0 unspecified atom stereocenters. The minimum Gasteiger partial charge on any atom is -0.429 e. The molecule has 0 spiro atoms. The van der Waals surface area contributed by atoms with Gasteiger partial charge in [0.1, 0.15) is 17.4 Å². The van der Waals surface area contributed by atoms with E-state index in [1.807, 2.05) is 6.92 Å². The highest BCUT2D eigenvalue weighted by Crippen LogP contribution is 2.35. The van der Waals surface area contributed by atoms with E-state index in [0.29, 0.717) is 24.5 Å². The zero-order valence-corrected chi connectivity index (χ0v) is 16.4. The van der Waals surface area contributed by atoms with Gasteiger partial charge in [-0.05, 0) is 41.6 Å². The molecular weight excluding hydrogens is 444 g/mol. The molecule has 32 heavy (non-hydrogen) atoms. The molecule has 0 bridgehead atoms. The van der Waals surface area contributed by atoms with Gasteiger partial charge in [0.15, 0.2) is 5.82 Å². The summed E-state index contributed by atoms with van der Waals surface area (Å²) in [6.07, 6.45) is -7.40. The van der Waals surface area contributed by atoms with Crippen molar-refractivity contribution in [2.75, 3.05) is 0 Å². The third-order valence-corrected chi connectivity index (χ3v) is 4.46. The fourth-order valence-electron chi connectivity index (χ4n) is 3.05. The van der Waals surface area contributed by atoms with E-state index < -0.39 is 57.4 Å². The van der Waals surface area contributed by atoms with Crippen LogP contribution in [0.4, 0.5) is 35.1 Å². The molecule has 168 valence electrons. The minimum atomic E-state index is -5.02. The normalized spacial score (nSPS) is 11.9. The molecule has 0 heterocycles. The molecular formula is C23H14F8O. The van der Waals surface area contributed by atoms with Crippen LogP contribution in [0.25, 0.3) is 10.8 Å². The second-order valence-corrected chi connectivity index (χ2v) is 6.86. The fourth-order valence-corrected chi connectivity index (χ4v) is 3.05. The van der Waals surface area contributed by atoms with E-state index in [2.05, 4.69) is 4.74 Å². The van der Waals surface area contributed by atoms with Gasteiger partial charge >= 0.3 is 12.3 Å². The fraction of sp³-hybridized carbons (Fsp3) is 0.217. The molecule has 0 aromatic heterocycles. The van der Waals surface area contributed by atoms with Gasteiger partial charge in [0.05, 0.1) is 16.5 Å². The Hall–Kier alpha value is -3.28. The van der Waals surface area contributed by atoms with E-state index in [1.165, 1.54) is 18.1 Å².